The number of aryl methyl sites for hydroxylation is 1. The monoisotopic (exact) mass is 419 g/mol. The molecule has 1 aliphatic heterocycles. The molecule has 1 amide bonds. The van der Waals surface area contributed by atoms with Gasteiger partial charge in [-0.3, -0.25) is 4.79 Å². The van der Waals surface area contributed by atoms with Gasteiger partial charge in [0.1, 0.15) is 11.6 Å². The highest BCUT2D eigenvalue weighted by atomic mass is 35.5. The summed E-state index contributed by atoms with van der Waals surface area (Å²) in [5.41, 5.74) is 2.61. The maximum Gasteiger partial charge on any atom is 0.258 e. The van der Waals surface area contributed by atoms with Crippen molar-refractivity contribution in [2.24, 2.45) is 0 Å². The van der Waals surface area contributed by atoms with Crippen molar-refractivity contribution in [3.63, 3.8) is 0 Å². The molecule has 2 aromatic carbocycles. The van der Waals surface area contributed by atoms with Crippen LogP contribution in [0.4, 0.5) is 10.1 Å². The van der Waals surface area contributed by atoms with Crippen LogP contribution in [0, 0.1) is 12.7 Å². The molecule has 1 aliphatic rings. The Kier molecular flexibility index (Phi) is 6.98. The third-order valence-electron chi connectivity index (χ3n) is 5.18. The van der Waals surface area contributed by atoms with E-state index in [9.17, 15) is 9.18 Å². The second-order valence-corrected chi connectivity index (χ2v) is 7.89. The second kappa shape index (κ2) is 9.46. The van der Waals surface area contributed by atoms with Crippen LogP contribution in [0.5, 0.6) is 5.75 Å². The van der Waals surface area contributed by atoms with E-state index in [4.69, 9.17) is 16.3 Å². The fraction of sp³-hybridized carbons (Fsp3) is 0.409. The lowest BCUT2D eigenvalue weighted by Crippen LogP contribution is -2.45. The average Bonchev–Trinajstić information content (AvgIpc) is 2.69. The van der Waals surface area contributed by atoms with E-state index in [1.54, 1.807) is 24.3 Å². The van der Waals surface area contributed by atoms with Crippen LogP contribution in [0.1, 0.15) is 24.1 Å². The number of amides is 1. The molecule has 1 fully saturated rings. The Hall–Kier alpha value is -2.31. The number of ether oxygens (including phenoxy) is 1. The molecule has 0 spiro atoms. The molecule has 156 valence electrons. The van der Waals surface area contributed by atoms with Crippen molar-refractivity contribution in [3.05, 3.63) is 58.4 Å². The topological polar surface area (TPSA) is 44.8 Å². The Morgan fingerprint density at radius 1 is 1.21 bits per heavy atom. The molecule has 1 unspecified atom stereocenters. The number of benzene rings is 2. The molecular weight excluding hydrogens is 393 g/mol. The first kappa shape index (κ1) is 21.4. The van der Waals surface area contributed by atoms with Crippen LogP contribution >= 0.6 is 11.6 Å². The van der Waals surface area contributed by atoms with E-state index in [-0.39, 0.29) is 24.4 Å². The van der Waals surface area contributed by atoms with Crippen LogP contribution in [-0.4, -0.2) is 50.6 Å². The summed E-state index contributed by atoms with van der Waals surface area (Å²) in [4.78, 5) is 16.9. The van der Waals surface area contributed by atoms with Crippen molar-refractivity contribution in [1.82, 2.24) is 10.2 Å². The van der Waals surface area contributed by atoms with Gasteiger partial charge in [-0.2, -0.15) is 0 Å². The van der Waals surface area contributed by atoms with Gasteiger partial charge in [-0.25, -0.2) is 4.39 Å². The summed E-state index contributed by atoms with van der Waals surface area (Å²) in [6, 6.07) is 9.68. The first-order valence-electron chi connectivity index (χ1n) is 9.74. The number of rotatable bonds is 6. The Balaban J connectivity index is 1.64. The number of piperazine rings is 1. The van der Waals surface area contributed by atoms with Crippen LogP contribution in [0.25, 0.3) is 0 Å². The summed E-state index contributed by atoms with van der Waals surface area (Å²) >= 11 is 6.01. The summed E-state index contributed by atoms with van der Waals surface area (Å²) in [7, 11) is 2.09. The third kappa shape index (κ3) is 5.61. The van der Waals surface area contributed by atoms with Gasteiger partial charge in [-0.05, 0) is 62.9 Å². The zero-order valence-corrected chi connectivity index (χ0v) is 17.8. The predicted molar refractivity (Wildman–Crippen MR) is 114 cm³/mol. The highest BCUT2D eigenvalue weighted by molar-refractivity contribution is 6.31. The molecule has 1 heterocycles. The zero-order valence-electron chi connectivity index (χ0n) is 17.0. The molecule has 0 saturated carbocycles. The van der Waals surface area contributed by atoms with Crippen molar-refractivity contribution in [3.8, 4) is 5.75 Å². The van der Waals surface area contributed by atoms with Crippen molar-refractivity contribution < 1.29 is 13.9 Å². The fourth-order valence-corrected chi connectivity index (χ4v) is 3.54. The number of carbonyl (C=O) groups excluding carboxylic acids is 1. The molecule has 5 nitrogen and oxygen atoms in total. The van der Waals surface area contributed by atoms with E-state index in [0.29, 0.717) is 10.8 Å². The minimum absolute atomic E-state index is 0.120. The van der Waals surface area contributed by atoms with E-state index in [2.05, 4.69) is 22.2 Å². The SMILES string of the molecule is Cc1cc(OCC(=O)NC(C)c2cc(F)ccc2N2CCN(C)CC2)ccc1Cl. The van der Waals surface area contributed by atoms with E-state index >= 15 is 0 Å². The van der Waals surface area contributed by atoms with Gasteiger partial charge in [0.25, 0.3) is 5.91 Å². The molecule has 1 N–H and O–H groups in total. The van der Waals surface area contributed by atoms with Gasteiger partial charge in [0.15, 0.2) is 6.61 Å². The maximum atomic E-state index is 13.9. The van der Waals surface area contributed by atoms with Gasteiger partial charge < -0.3 is 19.9 Å². The lowest BCUT2D eigenvalue weighted by atomic mass is 10.0. The quantitative estimate of drug-likeness (QED) is 0.773. The fourth-order valence-electron chi connectivity index (χ4n) is 3.42. The second-order valence-electron chi connectivity index (χ2n) is 7.48. The van der Waals surface area contributed by atoms with Crippen LogP contribution < -0.4 is 15.0 Å². The number of nitrogens with zero attached hydrogens (tertiary/aromatic N) is 2. The Bertz CT molecular complexity index is 869. The average molecular weight is 420 g/mol. The standard InChI is InChI=1S/C22H27ClFN3O2/c1-15-12-18(5-6-20(15)23)29-14-22(28)25-16(2)19-13-17(24)4-7-21(19)27-10-8-26(3)9-11-27/h4-7,12-13,16H,8-11,14H2,1-3H3,(H,25,28). The molecule has 0 bridgehead atoms. The van der Waals surface area contributed by atoms with Gasteiger partial charge in [0.2, 0.25) is 0 Å². The number of likely N-dealkylation sites (N-methyl/N-ethyl adjacent to an activating group) is 1. The highest BCUT2D eigenvalue weighted by Gasteiger charge is 2.21. The summed E-state index contributed by atoms with van der Waals surface area (Å²) in [5, 5.41) is 3.57. The van der Waals surface area contributed by atoms with Gasteiger partial charge in [0.05, 0.1) is 6.04 Å². The number of nitrogens with one attached hydrogen (secondary N) is 1. The third-order valence-corrected chi connectivity index (χ3v) is 5.60. The van der Waals surface area contributed by atoms with E-state index in [0.717, 1.165) is 43.0 Å². The molecular formula is C22H27ClFN3O2. The molecule has 29 heavy (non-hydrogen) atoms. The smallest absolute Gasteiger partial charge is 0.258 e. The molecule has 0 aromatic heterocycles. The van der Waals surface area contributed by atoms with Crippen molar-refractivity contribution in [2.75, 3.05) is 44.7 Å². The van der Waals surface area contributed by atoms with Crippen LogP contribution in [-0.2, 0) is 4.79 Å². The van der Waals surface area contributed by atoms with E-state index in [1.165, 1.54) is 12.1 Å². The van der Waals surface area contributed by atoms with Gasteiger partial charge in [0, 0.05) is 42.5 Å². The normalized spacial score (nSPS) is 15.8. The summed E-state index contributed by atoms with van der Waals surface area (Å²) in [5.74, 6) is 0.00384. The first-order valence-corrected chi connectivity index (χ1v) is 10.1. The maximum absolute atomic E-state index is 13.9. The molecule has 1 saturated heterocycles. The number of halogens is 2. The number of hydrogen-bond donors (Lipinski definition) is 1. The minimum atomic E-state index is -0.344. The van der Waals surface area contributed by atoms with Crippen molar-refractivity contribution in [2.45, 2.75) is 19.9 Å². The summed E-state index contributed by atoms with van der Waals surface area (Å²) in [6.45, 7) is 7.26. The highest BCUT2D eigenvalue weighted by Crippen LogP contribution is 2.28. The molecule has 2 aromatic rings. The summed E-state index contributed by atoms with van der Waals surface area (Å²) < 4.78 is 19.5. The molecule has 7 heteroatoms. The van der Waals surface area contributed by atoms with Gasteiger partial charge in [-0.1, -0.05) is 11.6 Å². The number of hydrogen-bond acceptors (Lipinski definition) is 4. The van der Waals surface area contributed by atoms with Crippen LogP contribution in [0.2, 0.25) is 5.02 Å². The molecule has 1 atom stereocenters. The van der Waals surface area contributed by atoms with Crippen molar-refractivity contribution >= 4 is 23.2 Å². The van der Waals surface area contributed by atoms with Crippen LogP contribution in [0.15, 0.2) is 36.4 Å². The zero-order chi connectivity index (χ0) is 21.0. The van der Waals surface area contributed by atoms with E-state index < -0.39 is 0 Å². The van der Waals surface area contributed by atoms with Crippen LogP contribution in [0.3, 0.4) is 0 Å². The minimum Gasteiger partial charge on any atom is -0.484 e. The van der Waals surface area contributed by atoms with Gasteiger partial charge >= 0.3 is 0 Å². The number of carbonyl (C=O) groups is 1. The molecule has 0 radical (unpaired) electrons. The molecule has 3 rings (SSSR count). The largest absolute Gasteiger partial charge is 0.484 e. The lowest BCUT2D eigenvalue weighted by molar-refractivity contribution is -0.123. The number of anilines is 1. The predicted octanol–water partition coefficient (Wildman–Crippen LogP) is 3.80. The molecule has 0 aliphatic carbocycles. The van der Waals surface area contributed by atoms with Gasteiger partial charge in [-0.15, -0.1) is 0 Å². The Labute approximate surface area is 176 Å². The Morgan fingerprint density at radius 2 is 1.93 bits per heavy atom. The summed E-state index contributed by atoms with van der Waals surface area (Å²) in [6.07, 6.45) is 0. The Morgan fingerprint density at radius 3 is 2.62 bits per heavy atom. The van der Waals surface area contributed by atoms with Crippen molar-refractivity contribution in [1.29, 1.82) is 0 Å². The first-order chi connectivity index (χ1) is 13.8. The van der Waals surface area contributed by atoms with E-state index in [1.807, 2.05) is 13.8 Å². The lowest BCUT2D eigenvalue weighted by Gasteiger charge is -2.36.